The van der Waals surface area contributed by atoms with Gasteiger partial charge in [0.1, 0.15) is 11.8 Å². The average Bonchev–Trinajstić information content (AvgIpc) is 3.54. The van der Waals surface area contributed by atoms with Crippen LogP contribution in [0.5, 0.6) is 0 Å². The van der Waals surface area contributed by atoms with Crippen LogP contribution in [-0.2, 0) is 0 Å². The second-order valence-electron chi connectivity index (χ2n) is 9.34. The molecule has 8 rings (SSSR count). The molecule has 7 heteroatoms. The molecule has 1 aliphatic rings. The van der Waals surface area contributed by atoms with E-state index in [9.17, 15) is 0 Å². The van der Waals surface area contributed by atoms with Gasteiger partial charge in [-0.2, -0.15) is 0 Å². The predicted octanol–water partition coefficient (Wildman–Crippen LogP) is 5.66. The lowest BCUT2D eigenvalue weighted by atomic mass is 10.1. The first-order chi connectivity index (χ1) is 18.8. The largest absolute Gasteiger partial charge is 0.292 e. The van der Waals surface area contributed by atoms with Crippen molar-refractivity contribution in [3.05, 3.63) is 94.9 Å². The van der Waals surface area contributed by atoms with Crippen LogP contribution in [0.2, 0.25) is 0 Å². The molecule has 7 aromatic rings. The first-order valence-electron chi connectivity index (χ1n) is 12.6. The van der Waals surface area contributed by atoms with E-state index < -0.39 is 0 Å². The number of para-hydroxylation sites is 1. The zero-order chi connectivity index (χ0) is 25.1. The summed E-state index contributed by atoms with van der Waals surface area (Å²) < 4.78 is 4.72. The number of hydrogen-bond donors (Lipinski definition) is 0. The van der Waals surface area contributed by atoms with Crippen LogP contribution in [0.25, 0.3) is 72.8 Å². The lowest BCUT2D eigenvalue weighted by Gasteiger charge is -2.08. The van der Waals surface area contributed by atoms with Crippen LogP contribution >= 0.6 is 11.3 Å². The van der Waals surface area contributed by atoms with Crippen molar-refractivity contribution < 1.29 is 0 Å². The molecule has 6 nitrogen and oxygen atoms in total. The van der Waals surface area contributed by atoms with E-state index >= 15 is 0 Å². The van der Waals surface area contributed by atoms with E-state index in [0.717, 1.165) is 46.3 Å². The highest BCUT2D eigenvalue weighted by atomic mass is 32.1. The van der Waals surface area contributed by atoms with Crippen LogP contribution in [0.3, 0.4) is 0 Å². The number of fused-ring (bicyclic) bond motifs is 7. The molecule has 0 fully saturated rings. The van der Waals surface area contributed by atoms with Crippen LogP contribution < -0.4 is 9.75 Å². The summed E-state index contributed by atoms with van der Waals surface area (Å²) in [7, 11) is 0. The quantitative estimate of drug-likeness (QED) is 0.308. The van der Waals surface area contributed by atoms with Crippen LogP contribution in [0.15, 0.2) is 85.2 Å². The molecule has 0 N–H and O–H groups in total. The minimum absolute atomic E-state index is 0.644. The third-order valence-corrected chi connectivity index (χ3v) is 8.31. The standard InChI is InChI=1S/C31H20N6S/c1-2-8-19(9-3-1)29-32-18-33-30(34-29)20-14-16-21(17-15-20)37-24-12-6-4-10-22(24)26-28-27(35-36-31(26)37)23-11-5-7-13-25(23)38-28/h1-4,6,8-18H,5,7H2. The molecule has 0 amide bonds. The molecule has 3 aromatic carbocycles. The van der Waals surface area contributed by atoms with Crippen molar-refractivity contribution in [1.29, 1.82) is 0 Å². The fourth-order valence-corrected chi connectivity index (χ4v) is 6.60. The fourth-order valence-electron chi connectivity index (χ4n) is 5.34. The Bertz CT molecular complexity index is 2130. The van der Waals surface area contributed by atoms with E-state index in [1.165, 1.54) is 25.2 Å². The summed E-state index contributed by atoms with van der Waals surface area (Å²) in [5, 5.41) is 13.1. The zero-order valence-electron chi connectivity index (χ0n) is 20.2. The fraction of sp³-hybridized carbons (Fsp3) is 0.0645. The SMILES string of the molecule is C1=c2sc3c(nnc4c3c3ccccc3n4-c3ccc(-c4ncnc(-c5ccccc5)n4)cc3)c2=CCC1. The van der Waals surface area contributed by atoms with Crippen molar-refractivity contribution in [3.8, 4) is 28.5 Å². The highest BCUT2D eigenvalue weighted by molar-refractivity contribution is 7.18. The second-order valence-corrected chi connectivity index (χ2v) is 10.4. The van der Waals surface area contributed by atoms with E-state index in [1.807, 2.05) is 41.7 Å². The molecule has 180 valence electrons. The Kier molecular flexibility index (Phi) is 4.72. The normalized spacial score (nSPS) is 12.9. The summed E-state index contributed by atoms with van der Waals surface area (Å²) >= 11 is 1.83. The molecule has 0 saturated carbocycles. The van der Waals surface area contributed by atoms with Gasteiger partial charge in [-0.3, -0.25) is 4.57 Å². The zero-order valence-corrected chi connectivity index (χ0v) is 21.1. The van der Waals surface area contributed by atoms with E-state index in [-0.39, 0.29) is 0 Å². The van der Waals surface area contributed by atoms with E-state index in [0.29, 0.717) is 11.6 Å². The lowest BCUT2D eigenvalue weighted by molar-refractivity contribution is 1.04. The second kappa shape index (κ2) is 8.39. The first-order valence-corrected chi connectivity index (χ1v) is 13.4. The van der Waals surface area contributed by atoms with Crippen LogP contribution in [0, 0.1) is 0 Å². The number of nitrogens with zero attached hydrogens (tertiary/aromatic N) is 6. The molecule has 0 bridgehead atoms. The molecule has 38 heavy (non-hydrogen) atoms. The number of thiophene rings is 1. The number of hydrogen-bond acceptors (Lipinski definition) is 6. The molecule has 4 aromatic heterocycles. The average molecular weight is 509 g/mol. The van der Waals surface area contributed by atoms with Crippen LogP contribution in [0.1, 0.15) is 12.8 Å². The number of aromatic nitrogens is 6. The summed E-state index contributed by atoms with van der Waals surface area (Å²) in [5.74, 6) is 1.31. The van der Waals surface area contributed by atoms with Gasteiger partial charge in [0.15, 0.2) is 17.3 Å². The smallest absolute Gasteiger partial charge is 0.169 e. The highest BCUT2D eigenvalue weighted by Gasteiger charge is 2.19. The molecule has 0 radical (unpaired) electrons. The van der Waals surface area contributed by atoms with Gasteiger partial charge in [-0.15, -0.1) is 21.5 Å². The van der Waals surface area contributed by atoms with Crippen molar-refractivity contribution in [1.82, 2.24) is 29.7 Å². The van der Waals surface area contributed by atoms with E-state index in [4.69, 9.17) is 15.2 Å². The number of rotatable bonds is 3. The molecule has 0 saturated heterocycles. The van der Waals surface area contributed by atoms with Gasteiger partial charge >= 0.3 is 0 Å². The molecule has 4 heterocycles. The van der Waals surface area contributed by atoms with Crippen molar-refractivity contribution in [2.45, 2.75) is 12.8 Å². The summed E-state index contributed by atoms with van der Waals surface area (Å²) in [5.41, 5.74) is 5.91. The Morgan fingerprint density at radius 2 is 1.45 bits per heavy atom. The van der Waals surface area contributed by atoms with Gasteiger partial charge < -0.3 is 0 Å². The van der Waals surface area contributed by atoms with Crippen molar-refractivity contribution in [3.63, 3.8) is 0 Å². The molecular weight excluding hydrogens is 488 g/mol. The lowest BCUT2D eigenvalue weighted by Crippen LogP contribution is -2.21. The van der Waals surface area contributed by atoms with Gasteiger partial charge in [-0.05, 0) is 43.2 Å². The van der Waals surface area contributed by atoms with Gasteiger partial charge in [0.05, 0.1) is 10.2 Å². The van der Waals surface area contributed by atoms with Gasteiger partial charge in [0.25, 0.3) is 0 Å². The van der Waals surface area contributed by atoms with Crippen LogP contribution in [-0.4, -0.2) is 29.7 Å². The monoisotopic (exact) mass is 508 g/mol. The predicted molar refractivity (Wildman–Crippen MR) is 153 cm³/mol. The molecule has 0 atom stereocenters. The Hall–Kier alpha value is -4.75. The summed E-state index contributed by atoms with van der Waals surface area (Å²) in [4.78, 5) is 13.5. The third kappa shape index (κ3) is 3.22. The van der Waals surface area contributed by atoms with Gasteiger partial charge in [-0.1, -0.05) is 60.7 Å². The van der Waals surface area contributed by atoms with Crippen molar-refractivity contribution >= 4 is 55.6 Å². The molecular formula is C31H20N6S. The molecule has 0 aliphatic heterocycles. The third-order valence-electron chi connectivity index (χ3n) is 7.10. The molecule has 0 unspecified atom stereocenters. The summed E-state index contributed by atoms with van der Waals surface area (Å²) in [6.07, 6.45) is 8.34. The Morgan fingerprint density at radius 1 is 0.711 bits per heavy atom. The Labute approximate surface area is 221 Å². The number of benzene rings is 3. The summed E-state index contributed by atoms with van der Waals surface area (Å²) in [6.45, 7) is 0. The van der Waals surface area contributed by atoms with Gasteiger partial charge in [0.2, 0.25) is 0 Å². The first kappa shape index (κ1) is 21.3. The minimum atomic E-state index is 0.644. The van der Waals surface area contributed by atoms with Crippen molar-refractivity contribution in [2.24, 2.45) is 0 Å². The van der Waals surface area contributed by atoms with Gasteiger partial charge in [0, 0.05) is 37.3 Å². The van der Waals surface area contributed by atoms with Gasteiger partial charge in [-0.25, -0.2) is 15.0 Å². The Balaban J connectivity index is 1.30. The molecule has 0 spiro atoms. The van der Waals surface area contributed by atoms with Crippen LogP contribution in [0.4, 0.5) is 0 Å². The summed E-state index contributed by atoms with van der Waals surface area (Å²) in [6, 6.07) is 26.8. The maximum Gasteiger partial charge on any atom is 0.169 e. The maximum atomic E-state index is 4.78. The Morgan fingerprint density at radius 3 is 2.29 bits per heavy atom. The minimum Gasteiger partial charge on any atom is -0.292 e. The van der Waals surface area contributed by atoms with E-state index in [1.54, 1.807) is 6.33 Å². The van der Waals surface area contributed by atoms with Crippen molar-refractivity contribution in [2.75, 3.05) is 0 Å². The highest BCUT2D eigenvalue weighted by Crippen LogP contribution is 2.35. The topological polar surface area (TPSA) is 69.4 Å². The maximum absolute atomic E-state index is 4.78. The van der Waals surface area contributed by atoms with E-state index in [2.05, 4.69) is 75.2 Å². The molecule has 1 aliphatic carbocycles.